The second-order valence-corrected chi connectivity index (χ2v) is 8.60. The molecule has 0 bridgehead atoms. The molecule has 4 rings (SSSR count). The average Bonchev–Trinajstić information content (AvgIpc) is 3.51. The molecule has 7 heteroatoms. The number of hydrogen-bond donors (Lipinski definition) is 0. The number of amides is 1. The van der Waals surface area contributed by atoms with Crippen LogP contribution in [0.15, 0.2) is 12.7 Å². The largest absolute Gasteiger partial charge is 0.340 e. The molecule has 6 nitrogen and oxygen atoms in total. The van der Waals surface area contributed by atoms with E-state index in [0.717, 1.165) is 56.2 Å². The lowest BCUT2D eigenvalue weighted by Gasteiger charge is -2.36. The summed E-state index contributed by atoms with van der Waals surface area (Å²) in [5.74, 6) is 2.34. The molecule has 3 fully saturated rings. The standard InChI is InChI=1S/C20H31N5OS/c1-2-10-24-18(16-8-9-16)21-25(20(24)27)15-22-11-13-23(14-12-22)19(26)17-6-4-3-5-7-17/h2,16-17H,1,3-15H2. The Morgan fingerprint density at radius 2 is 1.81 bits per heavy atom. The minimum absolute atomic E-state index is 0.273. The fourth-order valence-electron chi connectivity index (χ4n) is 4.40. The number of carbonyl (C=O) groups is 1. The van der Waals surface area contributed by atoms with Crippen molar-refractivity contribution >= 4 is 18.1 Å². The van der Waals surface area contributed by atoms with Crippen molar-refractivity contribution in [3.05, 3.63) is 23.3 Å². The van der Waals surface area contributed by atoms with Gasteiger partial charge in [0.25, 0.3) is 0 Å². The summed E-state index contributed by atoms with van der Waals surface area (Å²) in [6.07, 6.45) is 10.2. The first kappa shape index (κ1) is 18.9. The zero-order valence-electron chi connectivity index (χ0n) is 16.2. The summed E-state index contributed by atoms with van der Waals surface area (Å²) in [5, 5.41) is 4.82. The SMILES string of the molecule is C=CCn1c(C2CC2)nn(CN2CCN(C(=O)C3CCCCC3)CC2)c1=S. The van der Waals surface area contributed by atoms with Crippen molar-refractivity contribution < 1.29 is 4.79 Å². The van der Waals surface area contributed by atoms with Crippen LogP contribution in [0.1, 0.15) is 56.7 Å². The summed E-state index contributed by atoms with van der Waals surface area (Å²) in [6, 6.07) is 0. The summed E-state index contributed by atoms with van der Waals surface area (Å²) in [7, 11) is 0. The Balaban J connectivity index is 1.35. The van der Waals surface area contributed by atoms with E-state index < -0.39 is 0 Å². The van der Waals surface area contributed by atoms with Gasteiger partial charge in [0.1, 0.15) is 5.82 Å². The molecule has 0 aromatic carbocycles. The fourth-order valence-corrected chi connectivity index (χ4v) is 4.67. The van der Waals surface area contributed by atoms with Crippen LogP contribution in [0.25, 0.3) is 0 Å². The number of rotatable bonds is 6. The lowest BCUT2D eigenvalue weighted by atomic mass is 9.88. The van der Waals surface area contributed by atoms with E-state index in [1.165, 1.54) is 32.1 Å². The van der Waals surface area contributed by atoms with Crippen molar-refractivity contribution in [2.24, 2.45) is 5.92 Å². The number of nitrogens with zero attached hydrogens (tertiary/aromatic N) is 5. The minimum atomic E-state index is 0.273. The molecule has 148 valence electrons. The van der Waals surface area contributed by atoms with Crippen molar-refractivity contribution in [2.75, 3.05) is 26.2 Å². The van der Waals surface area contributed by atoms with Crippen molar-refractivity contribution in [3.63, 3.8) is 0 Å². The Morgan fingerprint density at radius 1 is 1.11 bits per heavy atom. The van der Waals surface area contributed by atoms with Gasteiger partial charge in [-0.2, -0.15) is 5.10 Å². The first-order chi connectivity index (χ1) is 13.2. The van der Waals surface area contributed by atoms with Crippen LogP contribution in [0.2, 0.25) is 0 Å². The zero-order valence-corrected chi connectivity index (χ0v) is 17.0. The van der Waals surface area contributed by atoms with Crippen LogP contribution in [-0.4, -0.2) is 56.2 Å². The summed E-state index contributed by atoms with van der Waals surface area (Å²) in [6.45, 7) is 8.74. The molecule has 3 aliphatic rings. The van der Waals surface area contributed by atoms with Crippen LogP contribution in [0, 0.1) is 10.7 Å². The second-order valence-electron chi connectivity index (χ2n) is 8.23. The fraction of sp³-hybridized carbons (Fsp3) is 0.750. The number of hydrogen-bond acceptors (Lipinski definition) is 4. The van der Waals surface area contributed by atoms with E-state index in [2.05, 4.69) is 20.9 Å². The Morgan fingerprint density at radius 3 is 2.44 bits per heavy atom. The third-order valence-corrected chi connectivity index (χ3v) is 6.61. The Bertz CT molecular complexity index is 736. The predicted octanol–water partition coefficient (Wildman–Crippen LogP) is 3.16. The lowest BCUT2D eigenvalue weighted by molar-refractivity contribution is -0.138. The smallest absolute Gasteiger partial charge is 0.225 e. The maximum atomic E-state index is 12.7. The second kappa shape index (κ2) is 8.27. The molecule has 1 aliphatic heterocycles. The van der Waals surface area contributed by atoms with Crippen LogP contribution in [0.3, 0.4) is 0 Å². The van der Waals surface area contributed by atoms with E-state index in [0.29, 0.717) is 18.5 Å². The molecule has 0 radical (unpaired) electrons. The summed E-state index contributed by atoms with van der Waals surface area (Å²) >= 11 is 5.67. The first-order valence-electron chi connectivity index (χ1n) is 10.5. The molecule has 1 aromatic heterocycles. The highest BCUT2D eigenvalue weighted by Crippen LogP contribution is 2.39. The van der Waals surface area contributed by atoms with Gasteiger partial charge in [0, 0.05) is 44.6 Å². The Labute approximate surface area is 166 Å². The number of aromatic nitrogens is 3. The summed E-state index contributed by atoms with van der Waals surface area (Å²) in [5.41, 5.74) is 0. The molecule has 2 heterocycles. The molecule has 2 aliphatic carbocycles. The third-order valence-electron chi connectivity index (χ3n) is 6.18. The van der Waals surface area contributed by atoms with Crippen molar-refractivity contribution in [1.82, 2.24) is 24.1 Å². The van der Waals surface area contributed by atoms with Crippen LogP contribution in [0.4, 0.5) is 0 Å². The molecule has 27 heavy (non-hydrogen) atoms. The summed E-state index contributed by atoms with van der Waals surface area (Å²) in [4.78, 5) is 17.2. The molecule has 0 unspecified atom stereocenters. The molecule has 1 aromatic rings. The van der Waals surface area contributed by atoms with E-state index in [4.69, 9.17) is 17.3 Å². The van der Waals surface area contributed by atoms with E-state index in [1.54, 1.807) is 0 Å². The molecular formula is C20H31N5OS. The van der Waals surface area contributed by atoms with E-state index >= 15 is 0 Å². The maximum absolute atomic E-state index is 12.7. The molecule has 0 atom stereocenters. The van der Waals surface area contributed by atoms with Gasteiger partial charge in [-0.05, 0) is 37.9 Å². The number of carbonyl (C=O) groups excluding carboxylic acids is 1. The quantitative estimate of drug-likeness (QED) is 0.554. The molecule has 0 spiro atoms. The molecule has 0 N–H and O–H groups in total. The van der Waals surface area contributed by atoms with E-state index in [9.17, 15) is 4.79 Å². The molecule has 1 saturated heterocycles. The first-order valence-corrected chi connectivity index (χ1v) is 10.9. The van der Waals surface area contributed by atoms with Gasteiger partial charge in [-0.15, -0.1) is 6.58 Å². The monoisotopic (exact) mass is 389 g/mol. The Kier molecular flexibility index (Phi) is 5.78. The van der Waals surface area contributed by atoms with E-state index in [-0.39, 0.29) is 5.92 Å². The van der Waals surface area contributed by atoms with Crippen molar-refractivity contribution in [2.45, 2.75) is 64.1 Å². The van der Waals surface area contributed by atoms with Crippen LogP contribution >= 0.6 is 12.2 Å². The van der Waals surface area contributed by atoms with Gasteiger partial charge in [0.2, 0.25) is 5.91 Å². The predicted molar refractivity (Wildman–Crippen MR) is 108 cm³/mol. The zero-order chi connectivity index (χ0) is 18.8. The van der Waals surface area contributed by atoms with Gasteiger partial charge in [-0.25, -0.2) is 4.68 Å². The average molecular weight is 390 g/mol. The van der Waals surface area contributed by atoms with Gasteiger partial charge >= 0.3 is 0 Å². The Hall–Kier alpha value is -1.47. The number of allylic oxidation sites excluding steroid dienone is 1. The van der Waals surface area contributed by atoms with Gasteiger partial charge in [-0.1, -0.05) is 25.3 Å². The highest BCUT2D eigenvalue weighted by molar-refractivity contribution is 7.71. The topological polar surface area (TPSA) is 46.3 Å². The normalized spacial score (nSPS) is 22.1. The van der Waals surface area contributed by atoms with Gasteiger partial charge in [-0.3, -0.25) is 14.3 Å². The van der Waals surface area contributed by atoms with Gasteiger partial charge in [0.15, 0.2) is 4.77 Å². The third kappa shape index (κ3) is 4.19. The maximum Gasteiger partial charge on any atom is 0.225 e. The van der Waals surface area contributed by atoms with Crippen molar-refractivity contribution in [1.29, 1.82) is 0 Å². The molecule has 2 saturated carbocycles. The molecule has 1 amide bonds. The number of piperazine rings is 1. The highest BCUT2D eigenvalue weighted by atomic mass is 32.1. The van der Waals surface area contributed by atoms with Crippen LogP contribution in [-0.2, 0) is 18.0 Å². The molecular weight excluding hydrogens is 358 g/mol. The summed E-state index contributed by atoms with van der Waals surface area (Å²) < 4.78 is 4.88. The van der Waals surface area contributed by atoms with Gasteiger partial charge < -0.3 is 4.90 Å². The van der Waals surface area contributed by atoms with Crippen molar-refractivity contribution in [3.8, 4) is 0 Å². The van der Waals surface area contributed by atoms with Crippen LogP contribution < -0.4 is 0 Å². The van der Waals surface area contributed by atoms with Gasteiger partial charge in [0.05, 0.1) is 6.67 Å². The van der Waals surface area contributed by atoms with Crippen LogP contribution in [0.5, 0.6) is 0 Å². The van der Waals surface area contributed by atoms with E-state index in [1.807, 2.05) is 10.8 Å². The lowest BCUT2D eigenvalue weighted by Crippen LogP contribution is -2.50. The minimum Gasteiger partial charge on any atom is -0.340 e. The highest BCUT2D eigenvalue weighted by Gasteiger charge is 2.31.